The Hall–Kier alpha value is -0.950. The van der Waals surface area contributed by atoms with Crippen molar-refractivity contribution in [3.05, 3.63) is 0 Å². The molecule has 1 amide bonds. The van der Waals surface area contributed by atoms with Gasteiger partial charge in [0.25, 0.3) is 0 Å². The summed E-state index contributed by atoms with van der Waals surface area (Å²) < 4.78 is 24.8. The maximum atomic E-state index is 10.9. The summed E-state index contributed by atoms with van der Waals surface area (Å²) in [6.45, 7) is 1.18. The second-order valence-electron chi connectivity index (χ2n) is 2.25. The Balaban J connectivity index is 4.26. The van der Waals surface area contributed by atoms with Crippen molar-refractivity contribution >= 4 is 23.0 Å². The molecule has 0 aromatic carbocycles. The van der Waals surface area contributed by atoms with Crippen LogP contribution >= 0.6 is 0 Å². The lowest BCUT2D eigenvalue weighted by molar-refractivity contribution is -0.144. The first kappa shape index (κ1) is 12.0. The first-order chi connectivity index (χ1) is 5.97. The zero-order valence-electron chi connectivity index (χ0n) is 7.23. The molecule has 0 aliphatic carbocycles. The van der Waals surface area contributed by atoms with E-state index in [1.807, 2.05) is 0 Å². The molecule has 0 aliphatic rings. The van der Waals surface area contributed by atoms with Crippen molar-refractivity contribution in [2.24, 2.45) is 0 Å². The van der Waals surface area contributed by atoms with Crippen LogP contribution in [0.3, 0.4) is 0 Å². The van der Waals surface area contributed by atoms with E-state index in [0.29, 0.717) is 0 Å². The number of ether oxygens (including phenoxy) is 1. The van der Waals surface area contributed by atoms with E-state index in [1.54, 1.807) is 0 Å². The van der Waals surface area contributed by atoms with Gasteiger partial charge in [-0.1, -0.05) is 11.1 Å². The predicted molar refractivity (Wildman–Crippen MR) is 43.4 cm³/mol. The Bertz CT molecular complexity index is 213. The minimum atomic E-state index is -2.40. The molecule has 2 unspecified atom stereocenters. The minimum Gasteiger partial charge on any atom is -0.772 e. The molecule has 2 atom stereocenters. The molecule has 0 aromatic heterocycles. The standard InChI is InChI=1S/C6H11NO5S/c1-4(8)7-5(3-13(10)11)6(9)12-2/h5H,3H2,1-2H3,(H,7,8)(H,10,11)/p-1. The number of hydrogen-bond acceptors (Lipinski definition) is 5. The summed E-state index contributed by atoms with van der Waals surface area (Å²) in [5.41, 5.74) is 0. The normalized spacial score (nSPS) is 14.4. The smallest absolute Gasteiger partial charge is 0.329 e. The third-order valence-electron chi connectivity index (χ3n) is 1.17. The molecule has 7 heteroatoms. The van der Waals surface area contributed by atoms with Crippen LogP contribution in [0.1, 0.15) is 6.92 Å². The van der Waals surface area contributed by atoms with Gasteiger partial charge in [0.1, 0.15) is 6.04 Å². The Kier molecular flexibility index (Phi) is 5.24. The third-order valence-corrected chi connectivity index (χ3v) is 1.77. The van der Waals surface area contributed by atoms with Crippen LogP contribution in [0.5, 0.6) is 0 Å². The van der Waals surface area contributed by atoms with Gasteiger partial charge >= 0.3 is 5.97 Å². The van der Waals surface area contributed by atoms with Gasteiger partial charge in [-0.15, -0.1) is 0 Å². The van der Waals surface area contributed by atoms with E-state index in [-0.39, 0.29) is 0 Å². The Morgan fingerprint density at radius 3 is 2.46 bits per heavy atom. The highest BCUT2D eigenvalue weighted by Gasteiger charge is 2.19. The van der Waals surface area contributed by atoms with E-state index in [1.165, 1.54) is 6.92 Å². The first-order valence-corrected chi connectivity index (χ1v) is 4.62. The van der Waals surface area contributed by atoms with Crippen molar-refractivity contribution in [2.45, 2.75) is 13.0 Å². The molecule has 0 spiro atoms. The van der Waals surface area contributed by atoms with E-state index >= 15 is 0 Å². The molecule has 6 nitrogen and oxygen atoms in total. The lowest BCUT2D eigenvalue weighted by Gasteiger charge is -2.16. The lowest BCUT2D eigenvalue weighted by atomic mass is 10.3. The minimum absolute atomic E-state index is 0.480. The molecule has 0 saturated heterocycles. The van der Waals surface area contributed by atoms with Gasteiger partial charge in [0.05, 0.1) is 7.11 Å². The van der Waals surface area contributed by atoms with Crippen molar-refractivity contribution in [2.75, 3.05) is 12.9 Å². The van der Waals surface area contributed by atoms with Crippen LogP contribution < -0.4 is 5.32 Å². The molecule has 0 bridgehead atoms. The zero-order chi connectivity index (χ0) is 10.4. The summed E-state index contributed by atoms with van der Waals surface area (Å²) in [6.07, 6.45) is 0. The second-order valence-corrected chi connectivity index (χ2v) is 3.19. The summed E-state index contributed by atoms with van der Waals surface area (Å²) in [5.74, 6) is -1.74. The third kappa shape index (κ3) is 5.31. The highest BCUT2D eigenvalue weighted by atomic mass is 32.2. The Morgan fingerprint density at radius 1 is 1.62 bits per heavy atom. The fraction of sp³-hybridized carbons (Fsp3) is 0.667. The summed E-state index contributed by atoms with van der Waals surface area (Å²) in [7, 11) is 1.12. The van der Waals surface area contributed by atoms with Gasteiger partial charge in [-0.3, -0.25) is 9.00 Å². The molecule has 0 fully saturated rings. The maximum Gasteiger partial charge on any atom is 0.329 e. The first-order valence-electron chi connectivity index (χ1n) is 3.38. The van der Waals surface area contributed by atoms with E-state index in [2.05, 4.69) is 10.1 Å². The van der Waals surface area contributed by atoms with Gasteiger partial charge in [0.2, 0.25) is 5.91 Å². The fourth-order valence-electron chi connectivity index (χ4n) is 0.692. The average Bonchev–Trinajstić information content (AvgIpc) is 2.00. The van der Waals surface area contributed by atoms with Gasteiger partial charge in [0.15, 0.2) is 0 Å². The van der Waals surface area contributed by atoms with Crippen LogP contribution in [0, 0.1) is 0 Å². The molecular weight excluding hydrogens is 198 g/mol. The molecular formula is C6H10NO5S-. The molecule has 0 radical (unpaired) electrons. The maximum absolute atomic E-state index is 10.9. The zero-order valence-corrected chi connectivity index (χ0v) is 8.05. The highest BCUT2D eigenvalue weighted by Crippen LogP contribution is 1.90. The number of carbonyl (C=O) groups is 2. The summed E-state index contributed by atoms with van der Waals surface area (Å²) in [5, 5.41) is 2.16. The van der Waals surface area contributed by atoms with Crippen LogP contribution in [0.15, 0.2) is 0 Å². The van der Waals surface area contributed by atoms with E-state index in [4.69, 9.17) is 0 Å². The monoisotopic (exact) mass is 208 g/mol. The molecule has 13 heavy (non-hydrogen) atoms. The SMILES string of the molecule is COC(=O)C(CS(=O)[O-])NC(C)=O. The van der Waals surface area contributed by atoms with Crippen molar-refractivity contribution in [1.82, 2.24) is 5.32 Å². The van der Waals surface area contributed by atoms with E-state index < -0.39 is 34.8 Å². The summed E-state index contributed by atoms with van der Waals surface area (Å²) in [6, 6.07) is -1.12. The van der Waals surface area contributed by atoms with Gasteiger partial charge in [-0.05, 0) is 0 Å². The van der Waals surface area contributed by atoms with Crippen LogP contribution in [0.25, 0.3) is 0 Å². The Morgan fingerprint density at radius 2 is 2.15 bits per heavy atom. The average molecular weight is 208 g/mol. The number of carbonyl (C=O) groups excluding carboxylic acids is 2. The van der Waals surface area contributed by atoms with Crippen molar-refractivity contribution in [1.29, 1.82) is 0 Å². The highest BCUT2D eigenvalue weighted by molar-refractivity contribution is 7.79. The molecule has 0 aromatic rings. The molecule has 0 heterocycles. The van der Waals surface area contributed by atoms with E-state index in [0.717, 1.165) is 7.11 Å². The number of methoxy groups -OCH3 is 1. The Labute approximate surface area is 77.9 Å². The number of rotatable bonds is 4. The molecule has 0 rings (SSSR count). The van der Waals surface area contributed by atoms with E-state index in [9.17, 15) is 18.4 Å². The molecule has 0 saturated carbocycles. The number of hydrogen-bond donors (Lipinski definition) is 1. The predicted octanol–water partition coefficient (Wildman–Crippen LogP) is -1.46. The summed E-state index contributed by atoms with van der Waals surface area (Å²) >= 11 is -2.40. The summed E-state index contributed by atoms with van der Waals surface area (Å²) in [4.78, 5) is 21.4. The van der Waals surface area contributed by atoms with Gasteiger partial charge in [-0.2, -0.15) is 0 Å². The van der Waals surface area contributed by atoms with Crippen LogP contribution in [-0.2, 0) is 25.4 Å². The van der Waals surface area contributed by atoms with Gasteiger partial charge in [-0.25, -0.2) is 4.79 Å². The molecule has 1 N–H and O–H groups in total. The largest absolute Gasteiger partial charge is 0.772 e. The van der Waals surface area contributed by atoms with Gasteiger partial charge < -0.3 is 14.6 Å². The lowest BCUT2D eigenvalue weighted by Crippen LogP contribution is -2.44. The second kappa shape index (κ2) is 5.65. The molecule has 0 aliphatic heterocycles. The van der Waals surface area contributed by atoms with Crippen LogP contribution in [0.4, 0.5) is 0 Å². The number of nitrogens with one attached hydrogen (secondary N) is 1. The van der Waals surface area contributed by atoms with Crippen LogP contribution in [0.2, 0.25) is 0 Å². The van der Waals surface area contributed by atoms with Crippen molar-refractivity contribution in [3.63, 3.8) is 0 Å². The topological polar surface area (TPSA) is 95.5 Å². The van der Waals surface area contributed by atoms with Crippen LogP contribution in [-0.4, -0.2) is 39.5 Å². The molecule has 76 valence electrons. The fourth-order valence-corrected chi connectivity index (χ4v) is 1.18. The number of amides is 1. The van der Waals surface area contributed by atoms with Gasteiger partial charge in [0, 0.05) is 12.7 Å². The van der Waals surface area contributed by atoms with Crippen molar-refractivity contribution in [3.8, 4) is 0 Å². The van der Waals surface area contributed by atoms with Crippen molar-refractivity contribution < 1.29 is 23.1 Å². The number of esters is 1. The quantitative estimate of drug-likeness (QED) is 0.450.